The summed E-state index contributed by atoms with van der Waals surface area (Å²) in [7, 11) is 0. The Bertz CT molecular complexity index is 869. The maximum absolute atomic E-state index is 13.8. The molecule has 0 saturated heterocycles. The number of aromatic carboxylic acids is 1. The minimum absolute atomic E-state index is 0.0944. The van der Waals surface area contributed by atoms with Crippen LogP contribution in [0.5, 0.6) is 0 Å². The highest BCUT2D eigenvalue weighted by Crippen LogP contribution is 2.25. The Kier molecular flexibility index (Phi) is 3.61. The fourth-order valence-corrected chi connectivity index (χ4v) is 2.16. The van der Waals surface area contributed by atoms with E-state index in [-0.39, 0.29) is 16.9 Å². The average Bonchev–Trinajstić information content (AvgIpc) is 2.98. The van der Waals surface area contributed by atoms with E-state index in [0.717, 1.165) is 12.1 Å². The van der Waals surface area contributed by atoms with Crippen LogP contribution >= 0.6 is 0 Å². The van der Waals surface area contributed by atoms with Crippen molar-refractivity contribution in [2.45, 2.75) is 6.92 Å². The number of halogens is 2. The summed E-state index contributed by atoms with van der Waals surface area (Å²) < 4.78 is 28.8. The Labute approximate surface area is 129 Å². The number of carboxylic acid groups (broad SMARTS) is 1. The molecule has 0 fully saturated rings. The summed E-state index contributed by atoms with van der Waals surface area (Å²) >= 11 is 0. The van der Waals surface area contributed by atoms with Gasteiger partial charge in [0.25, 0.3) is 0 Å². The molecule has 23 heavy (non-hydrogen) atoms. The number of aromatic nitrogens is 3. The number of rotatable bonds is 3. The van der Waals surface area contributed by atoms with E-state index in [9.17, 15) is 13.6 Å². The van der Waals surface area contributed by atoms with E-state index in [1.165, 1.54) is 23.9 Å². The molecular weight excluding hydrogens is 304 g/mol. The zero-order chi connectivity index (χ0) is 16.6. The van der Waals surface area contributed by atoms with Crippen LogP contribution in [0.25, 0.3) is 16.9 Å². The molecule has 2 aromatic heterocycles. The molecule has 5 nitrogen and oxygen atoms in total. The molecule has 3 aromatic rings. The minimum Gasteiger partial charge on any atom is -0.476 e. The third-order valence-electron chi connectivity index (χ3n) is 3.40. The molecule has 0 bridgehead atoms. The number of hydrogen-bond donors (Lipinski definition) is 1. The highest BCUT2D eigenvalue weighted by Gasteiger charge is 2.18. The van der Waals surface area contributed by atoms with Crippen LogP contribution in [0.4, 0.5) is 8.78 Å². The molecule has 0 aliphatic rings. The summed E-state index contributed by atoms with van der Waals surface area (Å²) in [5.41, 5.74) is 0.705. The molecular formula is C16H11F2N3O2. The van der Waals surface area contributed by atoms with Gasteiger partial charge >= 0.3 is 5.97 Å². The van der Waals surface area contributed by atoms with Crippen molar-refractivity contribution in [2.75, 3.05) is 0 Å². The van der Waals surface area contributed by atoms with Crippen LogP contribution < -0.4 is 0 Å². The molecule has 3 rings (SSSR count). The summed E-state index contributed by atoms with van der Waals surface area (Å²) in [6, 6.07) is 6.92. The predicted molar refractivity (Wildman–Crippen MR) is 78.4 cm³/mol. The van der Waals surface area contributed by atoms with Crippen LogP contribution in [-0.4, -0.2) is 25.8 Å². The number of benzene rings is 1. The normalized spacial score (nSPS) is 10.7. The van der Waals surface area contributed by atoms with Crippen LogP contribution in [0.15, 0.2) is 42.7 Å². The van der Waals surface area contributed by atoms with E-state index >= 15 is 0 Å². The van der Waals surface area contributed by atoms with E-state index < -0.39 is 17.6 Å². The van der Waals surface area contributed by atoms with E-state index in [4.69, 9.17) is 5.11 Å². The van der Waals surface area contributed by atoms with Gasteiger partial charge in [0.1, 0.15) is 11.6 Å². The molecule has 0 aliphatic heterocycles. The van der Waals surface area contributed by atoms with Crippen molar-refractivity contribution >= 4 is 5.97 Å². The lowest BCUT2D eigenvalue weighted by molar-refractivity contribution is 0.0690. The lowest BCUT2D eigenvalue weighted by Crippen LogP contribution is -2.04. The highest BCUT2D eigenvalue weighted by atomic mass is 19.1. The maximum Gasteiger partial charge on any atom is 0.356 e. The number of nitrogens with zero attached hydrogens (tertiary/aromatic N) is 3. The van der Waals surface area contributed by atoms with Crippen LogP contribution in [0.1, 0.15) is 16.1 Å². The van der Waals surface area contributed by atoms with E-state index in [1.54, 1.807) is 18.3 Å². The van der Waals surface area contributed by atoms with Gasteiger partial charge < -0.3 is 5.11 Å². The summed E-state index contributed by atoms with van der Waals surface area (Å²) in [6.45, 7) is 1.32. The monoisotopic (exact) mass is 315 g/mol. The molecule has 1 aromatic carbocycles. The Hall–Kier alpha value is -3.09. The van der Waals surface area contributed by atoms with Crippen molar-refractivity contribution in [3.05, 3.63) is 65.6 Å². The first kappa shape index (κ1) is 14.8. The Balaban J connectivity index is 2.24. The van der Waals surface area contributed by atoms with Gasteiger partial charge in [-0.1, -0.05) is 0 Å². The van der Waals surface area contributed by atoms with Gasteiger partial charge in [0, 0.05) is 35.7 Å². The van der Waals surface area contributed by atoms with E-state index in [1.807, 2.05) is 0 Å². The van der Waals surface area contributed by atoms with E-state index in [2.05, 4.69) is 10.1 Å². The number of carboxylic acids is 1. The second-order valence-corrected chi connectivity index (χ2v) is 4.91. The van der Waals surface area contributed by atoms with Crippen LogP contribution in [0.3, 0.4) is 0 Å². The minimum atomic E-state index is -1.23. The molecule has 7 heteroatoms. The molecule has 0 unspecified atom stereocenters. The van der Waals surface area contributed by atoms with Crippen LogP contribution in [0, 0.1) is 18.6 Å². The molecule has 2 heterocycles. The quantitative estimate of drug-likeness (QED) is 0.806. The van der Waals surface area contributed by atoms with E-state index in [0.29, 0.717) is 11.3 Å². The third kappa shape index (κ3) is 2.68. The number of pyridine rings is 1. The Morgan fingerprint density at radius 1 is 1.22 bits per heavy atom. The van der Waals surface area contributed by atoms with Crippen molar-refractivity contribution in [3.8, 4) is 16.9 Å². The lowest BCUT2D eigenvalue weighted by atomic mass is 10.1. The Morgan fingerprint density at radius 2 is 1.91 bits per heavy atom. The summed E-state index contributed by atoms with van der Waals surface area (Å²) in [6.07, 6.45) is 3.08. The van der Waals surface area contributed by atoms with Gasteiger partial charge in [0.05, 0.1) is 11.4 Å². The second-order valence-electron chi connectivity index (χ2n) is 4.91. The second kappa shape index (κ2) is 5.60. The third-order valence-corrected chi connectivity index (χ3v) is 3.40. The fourth-order valence-electron chi connectivity index (χ4n) is 2.16. The molecule has 0 atom stereocenters. The van der Waals surface area contributed by atoms with Gasteiger partial charge in [-0.15, -0.1) is 0 Å². The summed E-state index contributed by atoms with van der Waals surface area (Å²) in [4.78, 5) is 15.1. The van der Waals surface area contributed by atoms with Crippen molar-refractivity contribution in [1.29, 1.82) is 0 Å². The van der Waals surface area contributed by atoms with Gasteiger partial charge in [-0.2, -0.15) is 5.10 Å². The van der Waals surface area contributed by atoms with Gasteiger partial charge in [-0.05, 0) is 25.1 Å². The molecule has 0 amide bonds. The number of hydrogen-bond acceptors (Lipinski definition) is 3. The first-order valence-electron chi connectivity index (χ1n) is 6.67. The fraction of sp³-hybridized carbons (Fsp3) is 0.0625. The summed E-state index contributed by atoms with van der Waals surface area (Å²) in [5.74, 6) is -2.70. The van der Waals surface area contributed by atoms with Gasteiger partial charge in [0.15, 0.2) is 5.69 Å². The van der Waals surface area contributed by atoms with Crippen molar-refractivity contribution in [1.82, 2.24) is 14.8 Å². The molecule has 0 saturated carbocycles. The smallest absolute Gasteiger partial charge is 0.356 e. The van der Waals surface area contributed by atoms with Crippen molar-refractivity contribution in [3.63, 3.8) is 0 Å². The summed E-state index contributed by atoms with van der Waals surface area (Å²) in [5, 5.41) is 13.1. The van der Waals surface area contributed by atoms with Gasteiger partial charge in [-0.3, -0.25) is 4.98 Å². The Morgan fingerprint density at radius 3 is 2.48 bits per heavy atom. The molecule has 1 N–H and O–H groups in total. The predicted octanol–water partition coefficient (Wildman–Crippen LogP) is 3.22. The molecule has 0 aliphatic carbocycles. The standard InChI is InChI=1S/C16H11F2N3O2/c1-9-12(17)5-11(6-13(9)18)21-15(7-14(20-21)16(22)23)10-3-2-4-19-8-10/h2-8H,1H3,(H,22,23). The van der Waals surface area contributed by atoms with Crippen molar-refractivity contribution < 1.29 is 18.7 Å². The van der Waals surface area contributed by atoms with Crippen molar-refractivity contribution in [2.24, 2.45) is 0 Å². The topological polar surface area (TPSA) is 68.0 Å². The zero-order valence-electron chi connectivity index (χ0n) is 12.0. The largest absolute Gasteiger partial charge is 0.476 e. The zero-order valence-corrected chi connectivity index (χ0v) is 12.0. The highest BCUT2D eigenvalue weighted by molar-refractivity contribution is 5.87. The first-order chi connectivity index (χ1) is 11.0. The average molecular weight is 315 g/mol. The first-order valence-corrected chi connectivity index (χ1v) is 6.67. The molecule has 116 valence electrons. The number of carbonyl (C=O) groups is 1. The van der Waals surface area contributed by atoms with Gasteiger partial charge in [-0.25, -0.2) is 18.3 Å². The van der Waals surface area contributed by atoms with Gasteiger partial charge in [0.2, 0.25) is 0 Å². The lowest BCUT2D eigenvalue weighted by Gasteiger charge is -2.09. The van der Waals surface area contributed by atoms with Crippen LogP contribution in [0.2, 0.25) is 0 Å². The SMILES string of the molecule is Cc1c(F)cc(-n2nc(C(=O)O)cc2-c2cccnc2)cc1F. The molecule has 0 spiro atoms. The van der Waals surface area contributed by atoms with Crippen LogP contribution in [-0.2, 0) is 0 Å². The molecule has 0 radical (unpaired) electrons. The maximum atomic E-state index is 13.8.